The number of allylic oxidation sites excluding steroid dienone is 1. The largest absolute Gasteiger partial charge is 0.299 e. The van der Waals surface area contributed by atoms with Gasteiger partial charge in [-0.1, -0.05) is 25.0 Å². The normalized spacial score (nSPS) is 40.0. The van der Waals surface area contributed by atoms with Crippen molar-refractivity contribution in [1.82, 2.24) is 0 Å². The highest BCUT2D eigenvalue weighted by molar-refractivity contribution is 5.87. The number of fused-ring (bicyclic) bond motifs is 3. The number of rotatable bonds is 0. The number of hydrogen-bond acceptors (Lipinski definition) is 2. The van der Waals surface area contributed by atoms with E-state index < -0.39 is 0 Å². The molecule has 0 amide bonds. The minimum atomic E-state index is -0.122. The Morgan fingerprint density at radius 2 is 1.95 bits per heavy atom. The summed E-state index contributed by atoms with van der Waals surface area (Å²) < 4.78 is 0. The summed E-state index contributed by atoms with van der Waals surface area (Å²) in [6, 6.07) is 0. The summed E-state index contributed by atoms with van der Waals surface area (Å²) in [5.41, 5.74) is 1.10. The van der Waals surface area contributed by atoms with Crippen LogP contribution in [-0.4, -0.2) is 11.6 Å². The predicted octanol–water partition coefficient (Wildman–Crippen LogP) is 3.70. The van der Waals surface area contributed by atoms with Crippen LogP contribution < -0.4 is 0 Å². The van der Waals surface area contributed by atoms with Gasteiger partial charge in [0.2, 0.25) is 0 Å². The van der Waals surface area contributed by atoms with Crippen LogP contribution in [0, 0.1) is 35.0 Å². The van der Waals surface area contributed by atoms with Gasteiger partial charge >= 0.3 is 0 Å². The van der Waals surface area contributed by atoms with Crippen molar-refractivity contribution in [1.29, 1.82) is 0 Å². The van der Waals surface area contributed by atoms with E-state index in [9.17, 15) is 9.59 Å². The van der Waals surface area contributed by atoms with Crippen LogP contribution in [0.25, 0.3) is 0 Å². The molecule has 0 radical (unpaired) electrons. The van der Waals surface area contributed by atoms with E-state index in [1.807, 2.05) is 0 Å². The molecule has 3 aliphatic rings. The lowest BCUT2D eigenvalue weighted by atomic mass is 9.57. The molecule has 0 aromatic heterocycles. The van der Waals surface area contributed by atoms with Crippen molar-refractivity contribution in [2.45, 2.75) is 58.3 Å². The van der Waals surface area contributed by atoms with Crippen LogP contribution in [0.3, 0.4) is 0 Å². The second-order valence-corrected chi connectivity index (χ2v) is 7.23. The maximum Gasteiger partial charge on any atom is 0.145 e. The van der Waals surface area contributed by atoms with E-state index in [0.29, 0.717) is 36.4 Å². The van der Waals surface area contributed by atoms with Crippen molar-refractivity contribution in [3.63, 3.8) is 0 Å². The van der Waals surface area contributed by atoms with E-state index in [-0.39, 0.29) is 11.2 Å². The van der Waals surface area contributed by atoms with Gasteiger partial charge in [-0.15, -0.1) is 5.92 Å². The lowest BCUT2D eigenvalue weighted by molar-refractivity contribution is -0.129. The summed E-state index contributed by atoms with van der Waals surface area (Å²) in [4.78, 5) is 24.0. The molecule has 21 heavy (non-hydrogen) atoms. The number of hydrogen-bond donors (Lipinski definition) is 0. The maximum absolute atomic E-state index is 12.3. The third-order valence-electron chi connectivity index (χ3n) is 6.14. The lowest BCUT2D eigenvalue weighted by Gasteiger charge is -2.45. The monoisotopic (exact) mass is 284 g/mol. The highest BCUT2D eigenvalue weighted by atomic mass is 16.1. The SMILES string of the molecule is C=C1CCC(=O)CC#CC[C@@H]2[C@@H]1CC[C@]1(C)C(=O)CC[C@@H]21. The fraction of sp³-hybridized carbons (Fsp3) is 0.684. The highest BCUT2D eigenvalue weighted by Gasteiger charge is 2.53. The average Bonchev–Trinajstić information content (AvgIpc) is 2.76. The maximum atomic E-state index is 12.3. The Kier molecular flexibility index (Phi) is 3.78. The average molecular weight is 284 g/mol. The zero-order chi connectivity index (χ0) is 15.0. The Morgan fingerprint density at radius 1 is 1.14 bits per heavy atom. The van der Waals surface area contributed by atoms with E-state index >= 15 is 0 Å². The molecule has 3 aliphatic carbocycles. The molecule has 0 N–H and O–H groups in total. The molecule has 2 heteroatoms. The van der Waals surface area contributed by atoms with E-state index in [1.165, 1.54) is 5.57 Å². The van der Waals surface area contributed by atoms with Crippen molar-refractivity contribution in [2.75, 3.05) is 0 Å². The first-order valence-corrected chi connectivity index (χ1v) is 8.21. The first kappa shape index (κ1) is 14.6. The topological polar surface area (TPSA) is 34.1 Å². The third kappa shape index (κ3) is 2.48. The Labute approximate surface area is 127 Å². The molecule has 2 fully saturated rings. The zero-order valence-electron chi connectivity index (χ0n) is 12.9. The van der Waals surface area contributed by atoms with Gasteiger partial charge in [0.15, 0.2) is 0 Å². The van der Waals surface area contributed by atoms with Crippen LogP contribution in [0.4, 0.5) is 0 Å². The molecule has 112 valence electrons. The second kappa shape index (κ2) is 5.44. The number of carbonyl (C=O) groups excluding carboxylic acids is 2. The molecule has 3 rings (SSSR count). The van der Waals surface area contributed by atoms with Gasteiger partial charge in [-0.2, -0.15) is 0 Å². The van der Waals surface area contributed by atoms with Crippen molar-refractivity contribution in [3.8, 4) is 11.8 Å². The summed E-state index contributed by atoms with van der Waals surface area (Å²) in [5.74, 6) is 8.34. The van der Waals surface area contributed by atoms with Gasteiger partial charge in [-0.25, -0.2) is 0 Å². The predicted molar refractivity (Wildman–Crippen MR) is 82.4 cm³/mol. The van der Waals surface area contributed by atoms with E-state index in [4.69, 9.17) is 0 Å². The van der Waals surface area contributed by atoms with Crippen molar-refractivity contribution in [2.24, 2.45) is 23.2 Å². The highest BCUT2D eigenvalue weighted by Crippen LogP contribution is 2.56. The summed E-state index contributed by atoms with van der Waals surface area (Å²) >= 11 is 0. The smallest absolute Gasteiger partial charge is 0.145 e. The molecule has 0 aromatic carbocycles. The minimum absolute atomic E-state index is 0.122. The van der Waals surface area contributed by atoms with Gasteiger partial charge in [0.1, 0.15) is 11.6 Å². The van der Waals surface area contributed by atoms with Crippen LogP contribution in [0.15, 0.2) is 12.2 Å². The van der Waals surface area contributed by atoms with E-state index in [1.54, 1.807) is 0 Å². The first-order chi connectivity index (χ1) is 10.0. The number of Topliss-reactive ketones (excluding diaryl/α,β-unsaturated/α-hetero) is 2. The lowest BCUT2D eigenvalue weighted by Crippen LogP contribution is -2.42. The van der Waals surface area contributed by atoms with Crippen molar-refractivity contribution >= 4 is 11.6 Å². The molecular formula is C19H24O2. The van der Waals surface area contributed by atoms with E-state index in [2.05, 4.69) is 25.3 Å². The molecule has 0 aromatic rings. The van der Waals surface area contributed by atoms with Gasteiger partial charge in [0.05, 0.1) is 6.42 Å². The van der Waals surface area contributed by atoms with Gasteiger partial charge in [-0.3, -0.25) is 9.59 Å². The molecule has 0 heterocycles. The molecular weight excluding hydrogens is 260 g/mol. The minimum Gasteiger partial charge on any atom is -0.299 e. The molecule has 2 saturated carbocycles. The summed E-state index contributed by atoms with van der Waals surface area (Å²) in [5, 5.41) is 0. The molecule has 0 bridgehead atoms. The summed E-state index contributed by atoms with van der Waals surface area (Å²) in [6.07, 6.45) is 6.37. The molecule has 0 saturated heterocycles. The second-order valence-electron chi connectivity index (χ2n) is 7.23. The van der Waals surface area contributed by atoms with Gasteiger partial charge in [0.25, 0.3) is 0 Å². The molecule has 0 spiro atoms. The molecule has 2 nitrogen and oxygen atoms in total. The molecule has 0 unspecified atom stereocenters. The van der Waals surface area contributed by atoms with Gasteiger partial charge in [-0.05, 0) is 43.4 Å². The Hall–Kier alpha value is -1.36. The van der Waals surface area contributed by atoms with Crippen molar-refractivity contribution < 1.29 is 9.59 Å². The molecule has 4 atom stereocenters. The fourth-order valence-corrected chi connectivity index (χ4v) is 4.77. The fourth-order valence-electron chi connectivity index (χ4n) is 4.77. The number of ketones is 2. The van der Waals surface area contributed by atoms with Crippen LogP contribution in [-0.2, 0) is 9.59 Å². The van der Waals surface area contributed by atoms with Crippen LogP contribution in [0.5, 0.6) is 0 Å². The summed E-state index contributed by atoms with van der Waals surface area (Å²) in [7, 11) is 0. The van der Waals surface area contributed by atoms with Gasteiger partial charge < -0.3 is 0 Å². The Balaban J connectivity index is 1.90. The Morgan fingerprint density at radius 3 is 2.76 bits per heavy atom. The van der Waals surface area contributed by atoms with Crippen molar-refractivity contribution in [3.05, 3.63) is 12.2 Å². The molecule has 0 aliphatic heterocycles. The zero-order valence-corrected chi connectivity index (χ0v) is 12.9. The Bertz CT molecular complexity index is 548. The van der Waals surface area contributed by atoms with Gasteiger partial charge in [0, 0.05) is 24.7 Å². The third-order valence-corrected chi connectivity index (χ3v) is 6.14. The quantitative estimate of drug-likeness (QED) is 0.502. The first-order valence-electron chi connectivity index (χ1n) is 8.21. The number of carbonyl (C=O) groups is 2. The van der Waals surface area contributed by atoms with Crippen LogP contribution in [0.2, 0.25) is 0 Å². The van der Waals surface area contributed by atoms with E-state index in [0.717, 1.165) is 38.5 Å². The van der Waals surface area contributed by atoms with Crippen LogP contribution in [0.1, 0.15) is 58.3 Å². The standard InChI is InChI=1S/C19H24O2/c1-13-7-8-14(20)5-3-4-6-16-15(13)11-12-19(2)17(16)9-10-18(19)21/h15-17H,1,5-12H2,2H3/t15-,16-,17+,19+/m1/s1. The van der Waals surface area contributed by atoms with Crippen LogP contribution >= 0.6 is 0 Å². The summed E-state index contributed by atoms with van der Waals surface area (Å²) in [6.45, 7) is 6.45.